The van der Waals surface area contributed by atoms with E-state index in [2.05, 4.69) is 0 Å². The Morgan fingerprint density at radius 3 is 2.43 bits per heavy atom. The second-order valence-electron chi connectivity index (χ2n) is 5.58. The molecule has 0 N–H and O–H groups in total. The summed E-state index contributed by atoms with van der Waals surface area (Å²) in [6, 6.07) is 8.86. The van der Waals surface area contributed by atoms with Gasteiger partial charge in [0.05, 0.1) is 12.2 Å². The molecule has 0 atom stereocenters. The smallest absolute Gasteiger partial charge is 0.338 e. The maximum Gasteiger partial charge on any atom is 0.338 e. The molecule has 4 heteroatoms. The van der Waals surface area contributed by atoms with Gasteiger partial charge in [0, 0.05) is 6.08 Å². The second kappa shape index (κ2) is 8.25. The van der Waals surface area contributed by atoms with Gasteiger partial charge in [-0.15, -0.1) is 0 Å². The van der Waals surface area contributed by atoms with Crippen molar-refractivity contribution in [2.75, 3.05) is 6.61 Å². The van der Waals surface area contributed by atoms with Crippen molar-refractivity contribution in [3.63, 3.8) is 0 Å². The molecule has 4 nitrogen and oxygen atoms in total. The summed E-state index contributed by atoms with van der Waals surface area (Å²) in [5, 5.41) is 0. The molecule has 0 heterocycles. The number of ether oxygens (including phenoxy) is 2. The second-order valence-corrected chi connectivity index (χ2v) is 5.58. The monoisotopic (exact) mass is 290 g/mol. The fraction of sp³-hybridized carbons (Fsp3) is 0.412. The van der Waals surface area contributed by atoms with Crippen LogP contribution in [0.4, 0.5) is 0 Å². The van der Waals surface area contributed by atoms with Gasteiger partial charge in [-0.05, 0) is 45.7 Å². The van der Waals surface area contributed by atoms with E-state index < -0.39 is 5.60 Å². The van der Waals surface area contributed by atoms with Gasteiger partial charge >= 0.3 is 11.9 Å². The predicted octanol–water partition coefficient (Wildman–Crippen LogP) is 3.52. The highest BCUT2D eigenvalue weighted by molar-refractivity contribution is 5.89. The Hall–Kier alpha value is -2.10. The van der Waals surface area contributed by atoms with Crippen LogP contribution in [0.5, 0.6) is 0 Å². The Bertz CT molecular complexity index is 483. The van der Waals surface area contributed by atoms with E-state index in [1.807, 2.05) is 26.8 Å². The van der Waals surface area contributed by atoms with E-state index in [0.717, 1.165) is 0 Å². The number of benzene rings is 1. The van der Waals surface area contributed by atoms with Crippen LogP contribution < -0.4 is 0 Å². The lowest BCUT2D eigenvalue weighted by Crippen LogP contribution is -2.22. The number of hydrogen-bond acceptors (Lipinski definition) is 4. The van der Waals surface area contributed by atoms with Crippen molar-refractivity contribution in [1.82, 2.24) is 0 Å². The number of carbonyl (C=O) groups excluding carboxylic acids is 2. The molecule has 0 radical (unpaired) electrons. The molecule has 0 saturated carbocycles. The van der Waals surface area contributed by atoms with E-state index >= 15 is 0 Å². The van der Waals surface area contributed by atoms with Gasteiger partial charge in [0.1, 0.15) is 5.60 Å². The van der Waals surface area contributed by atoms with Gasteiger partial charge in [-0.3, -0.25) is 0 Å². The topological polar surface area (TPSA) is 52.6 Å². The normalized spacial score (nSPS) is 11.4. The quantitative estimate of drug-likeness (QED) is 0.457. The highest BCUT2D eigenvalue weighted by Gasteiger charge is 2.13. The van der Waals surface area contributed by atoms with Crippen LogP contribution in [-0.4, -0.2) is 24.1 Å². The van der Waals surface area contributed by atoms with Gasteiger partial charge in [0.15, 0.2) is 0 Å². The first-order valence-corrected chi connectivity index (χ1v) is 7.00. The minimum atomic E-state index is -0.480. The molecule has 1 rings (SSSR count). The third-order valence-corrected chi connectivity index (χ3v) is 2.42. The van der Waals surface area contributed by atoms with Crippen LogP contribution in [0.25, 0.3) is 0 Å². The standard InChI is InChI=1S/C17H22O4/c1-17(2,3)21-15(18)12-8-5-9-13-20-16(19)14-10-6-4-7-11-14/h4,6-8,10-12H,5,9,13H2,1-3H3. The first-order chi connectivity index (χ1) is 9.88. The van der Waals surface area contributed by atoms with Crippen molar-refractivity contribution in [2.24, 2.45) is 0 Å². The highest BCUT2D eigenvalue weighted by Crippen LogP contribution is 2.07. The lowest BCUT2D eigenvalue weighted by Gasteiger charge is -2.17. The fourth-order valence-electron chi connectivity index (χ4n) is 1.54. The van der Waals surface area contributed by atoms with Crippen LogP contribution in [0.1, 0.15) is 44.0 Å². The molecule has 1 aromatic carbocycles. The molecule has 0 unspecified atom stereocenters. The summed E-state index contributed by atoms with van der Waals surface area (Å²) in [5.41, 5.74) is 0.0638. The summed E-state index contributed by atoms with van der Waals surface area (Å²) in [5.74, 6) is -0.685. The molecule has 21 heavy (non-hydrogen) atoms. The third kappa shape index (κ3) is 7.92. The first kappa shape index (κ1) is 17.0. The van der Waals surface area contributed by atoms with Crippen molar-refractivity contribution in [3.05, 3.63) is 48.0 Å². The largest absolute Gasteiger partial charge is 0.462 e. The van der Waals surface area contributed by atoms with Gasteiger partial charge in [0.25, 0.3) is 0 Å². The van der Waals surface area contributed by atoms with Crippen LogP contribution in [0.2, 0.25) is 0 Å². The average Bonchev–Trinajstić information content (AvgIpc) is 2.41. The van der Waals surface area contributed by atoms with Gasteiger partial charge in [-0.1, -0.05) is 24.3 Å². The molecule has 0 spiro atoms. The Morgan fingerprint density at radius 2 is 1.81 bits per heavy atom. The fourth-order valence-corrected chi connectivity index (χ4v) is 1.54. The van der Waals surface area contributed by atoms with E-state index in [1.165, 1.54) is 6.08 Å². The molecule has 0 aliphatic heterocycles. The van der Waals surface area contributed by atoms with Crippen molar-refractivity contribution in [1.29, 1.82) is 0 Å². The summed E-state index contributed by atoms with van der Waals surface area (Å²) in [4.78, 5) is 23.0. The van der Waals surface area contributed by atoms with E-state index in [1.54, 1.807) is 30.3 Å². The van der Waals surface area contributed by atoms with Gasteiger partial charge in [0.2, 0.25) is 0 Å². The number of rotatable bonds is 6. The number of allylic oxidation sites excluding steroid dienone is 1. The maximum absolute atomic E-state index is 11.6. The zero-order valence-corrected chi connectivity index (χ0v) is 12.8. The summed E-state index contributed by atoms with van der Waals surface area (Å²) < 4.78 is 10.3. The van der Waals surface area contributed by atoms with Crippen LogP contribution in [-0.2, 0) is 14.3 Å². The van der Waals surface area contributed by atoms with Crippen molar-refractivity contribution < 1.29 is 19.1 Å². The van der Waals surface area contributed by atoms with Crippen molar-refractivity contribution in [2.45, 2.75) is 39.2 Å². The predicted molar refractivity (Wildman–Crippen MR) is 80.9 cm³/mol. The number of unbranched alkanes of at least 4 members (excludes halogenated alkanes) is 1. The molecule has 0 bridgehead atoms. The zero-order chi connectivity index (χ0) is 15.7. The molecule has 0 amide bonds. The molecule has 0 aliphatic carbocycles. The minimum Gasteiger partial charge on any atom is -0.462 e. The van der Waals surface area contributed by atoms with Crippen LogP contribution >= 0.6 is 0 Å². The van der Waals surface area contributed by atoms with Crippen LogP contribution in [0.15, 0.2) is 42.5 Å². The Labute approximate surface area is 125 Å². The highest BCUT2D eigenvalue weighted by atomic mass is 16.6. The van der Waals surface area contributed by atoms with Crippen LogP contribution in [0, 0.1) is 0 Å². The molecule has 0 fully saturated rings. The molecule has 0 aliphatic rings. The summed E-state index contributed by atoms with van der Waals surface area (Å²) >= 11 is 0. The van der Waals surface area contributed by atoms with Crippen molar-refractivity contribution in [3.8, 4) is 0 Å². The summed E-state index contributed by atoms with van der Waals surface area (Å²) in [6.07, 6.45) is 4.45. The van der Waals surface area contributed by atoms with E-state index in [0.29, 0.717) is 25.0 Å². The molecule has 1 aromatic rings. The van der Waals surface area contributed by atoms with Gasteiger partial charge in [-0.25, -0.2) is 9.59 Å². The molecule has 0 aromatic heterocycles. The summed E-state index contributed by atoms with van der Waals surface area (Å²) in [6.45, 7) is 5.79. The minimum absolute atomic E-state index is 0.326. The molecule has 0 saturated heterocycles. The van der Waals surface area contributed by atoms with E-state index in [-0.39, 0.29) is 11.9 Å². The number of carbonyl (C=O) groups is 2. The first-order valence-electron chi connectivity index (χ1n) is 7.00. The van der Waals surface area contributed by atoms with Gasteiger partial charge < -0.3 is 9.47 Å². The van der Waals surface area contributed by atoms with E-state index in [9.17, 15) is 9.59 Å². The summed E-state index contributed by atoms with van der Waals surface area (Å²) in [7, 11) is 0. The van der Waals surface area contributed by atoms with Crippen molar-refractivity contribution >= 4 is 11.9 Å². The number of hydrogen-bond donors (Lipinski definition) is 0. The lowest BCUT2D eigenvalue weighted by molar-refractivity contribution is -0.148. The molecule has 114 valence electrons. The average molecular weight is 290 g/mol. The van der Waals surface area contributed by atoms with Gasteiger partial charge in [-0.2, -0.15) is 0 Å². The Morgan fingerprint density at radius 1 is 1.14 bits per heavy atom. The molecular weight excluding hydrogens is 268 g/mol. The van der Waals surface area contributed by atoms with E-state index in [4.69, 9.17) is 9.47 Å². The third-order valence-electron chi connectivity index (χ3n) is 2.42. The number of esters is 2. The Kier molecular flexibility index (Phi) is 6.66. The Balaban J connectivity index is 2.17. The molecular formula is C17H22O4. The zero-order valence-electron chi connectivity index (χ0n) is 12.8. The SMILES string of the molecule is CC(C)(C)OC(=O)C=CCCCOC(=O)c1ccccc1. The lowest BCUT2D eigenvalue weighted by atomic mass is 10.2. The van der Waals surface area contributed by atoms with Crippen LogP contribution in [0.3, 0.4) is 0 Å². The maximum atomic E-state index is 11.6.